The lowest BCUT2D eigenvalue weighted by molar-refractivity contribution is 0.0522. The standard InChI is InChI=1S/C21H25F2N5O2/c22-21(23)28-8-5-17(24-28)20(30)26-10-14-9-16(13-26)18-4-3-15(19(29)27(18)11-14)12-25-6-1-2-7-25/h3-5,8,14,16,21H,1-2,6-7,9-13H2/t14-,16+/m0/s1. The molecule has 7 nitrogen and oxygen atoms in total. The SMILES string of the molecule is O=C(c1ccn(C(F)F)n1)N1C[C@@H]2C[C@H](C1)c1ccc(CN3CCCC3)c(=O)n1C2. The summed E-state index contributed by atoms with van der Waals surface area (Å²) in [5.74, 6) is -0.0742. The van der Waals surface area contributed by atoms with Crippen molar-refractivity contribution >= 4 is 5.91 Å². The molecular weight excluding hydrogens is 392 g/mol. The Hall–Kier alpha value is -2.55. The molecule has 0 aliphatic carbocycles. The van der Waals surface area contributed by atoms with E-state index in [1.807, 2.05) is 16.7 Å². The van der Waals surface area contributed by atoms with E-state index < -0.39 is 6.55 Å². The van der Waals surface area contributed by atoms with Crippen LogP contribution >= 0.6 is 0 Å². The quantitative estimate of drug-likeness (QED) is 0.766. The van der Waals surface area contributed by atoms with Crippen LogP contribution in [0.2, 0.25) is 0 Å². The van der Waals surface area contributed by atoms with E-state index in [1.165, 1.54) is 18.9 Å². The van der Waals surface area contributed by atoms with E-state index in [0.29, 0.717) is 30.9 Å². The maximum Gasteiger partial charge on any atom is 0.333 e. The van der Waals surface area contributed by atoms with Gasteiger partial charge in [0, 0.05) is 49.6 Å². The molecule has 0 aromatic carbocycles. The molecule has 2 aromatic rings. The van der Waals surface area contributed by atoms with Crippen molar-refractivity contribution in [3.8, 4) is 0 Å². The number of alkyl halides is 2. The summed E-state index contributed by atoms with van der Waals surface area (Å²) in [7, 11) is 0. The van der Waals surface area contributed by atoms with Crippen molar-refractivity contribution in [2.24, 2.45) is 5.92 Å². The Labute approximate surface area is 172 Å². The van der Waals surface area contributed by atoms with E-state index in [1.54, 1.807) is 4.90 Å². The molecule has 2 aromatic heterocycles. The molecule has 9 heteroatoms. The maximum absolute atomic E-state index is 13.1. The van der Waals surface area contributed by atoms with Crippen LogP contribution in [0.25, 0.3) is 0 Å². The third-order valence-electron chi connectivity index (χ3n) is 6.59. The third kappa shape index (κ3) is 3.45. The molecule has 2 saturated heterocycles. The zero-order valence-electron chi connectivity index (χ0n) is 16.7. The number of likely N-dealkylation sites (tertiary alicyclic amines) is 2. The second-order valence-electron chi connectivity index (χ2n) is 8.65. The first-order chi connectivity index (χ1) is 14.5. The van der Waals surface area contributed by atoms with E-state index in [-0.39, 0.29) is 29.0 Å². The predicted octanol–water partition coefficient (Wildman–Crippen LogP) is 2.30. The van der Waals surface area contributed by atoms with Gasteiger partial charge in [0.25, 0.3) is 11.5 Å². The number of halogens is 2. The molecule has 2 bridgehead atoms. The lowest BCUT2D eigenvalue weighted by Gasteiger charge is -2.42. The van der Waals surface area contributed by atoms with Gasteiger partial charge in [-0.3, -0.25) is 14.5 Å². The van der Waals surface area contributed by atoms with Gasteiger partial charge in [0.2, 0.25) is 0 Å². The molecule has 5 heterocycles. The van der Waals surface area contributed by atoms with Gasteiger partial charge < -0.3 is 9.47 Å². The molecule has 3 aliphatic heterocycles. The highest BCUT2D eigenvalue weighted by molar-refractivity contribution is 5.92. The average Bonchev–Trinajstić information content (AvgIpc) is 3.42. The summed E-state index contributed by atoms with van der Waals surface area (Å²) in [5, 5.41) is 3.71. The number of aromatic nitrogens is 3. The first-order valence-corrected chi connectivity index (χ1v) is 10.6. The Balaban J connectivity index is 1.36. The first kappa shape index (κ1) is 19.4. The van der Waals surface area contributed by atoms with Crippen molar-refractivity contribution in [3.05, 3.63) is 51.7 Å². The summed E-state index contributed by atoms with van der Waals surface area (Å²) in [6.45, 7) is 1.61. The summed E-state index contributed by atoms with van der Waals surface area (Å²) >= 11 is 0. The minimum Gasteiger partial charge on any atom is -0.336 e. The van der Waals surface area contributed by atoms with Crippen molar-refractivity contribution in [3.63, 3.8) is 0 Å². The maximum atomic E-state index is 13.1. The number of rotatable bonds is 4. The van der Waals surface area contributed by atoms with Crippen LogP contribution in [0, 0.1) is 5.92 Å². The van der Waals surface area contributed by atoms with E-state index >= 15 is 0 Å². The zero-order valence-corrected chi connectivity index (χ0v) is 16.7. The van der Waals surface area contributed by atoms with Crippen LogP contribution in [0.1, 0.15) is 53.5 Å². The monoisotopic (exact) mass is 417 g/mol. The van der Waals surface area contributed by atoms with Gasteiger partial charge in [-0.15, -0.1) is 0 Å². The Bertz CT molecular complexity index is 1010. The van der Waals surface area contributed by atoms with Crippen LogP contribution in [0.15, 0.2) is 29.2 Å². The summed E-state index contributed by atoms with van der Waals surface area (Å²) < 4.78 is 28.0. The van der Waals surface area contributed by atoms with E-state index in [9.17, 15) is 18.4 Å². The first-order valence-electron chi connectivity index (χ1n) is 10.6. The Kier molecular flexibility index (Phi) is 4.92. The van der Waals surface area contributed by atoms with Crippen molar-refractivity contribution in [2.75, 3.05) is 26.2 Å². The topological polar surface area (TPSA) is 63.4 Å². The predicted molar refractivity (Wildman–Crippen MR) is 105 cm³/mol. The molecule has 0 radical (unpaired) electrons. The summed E-state index contributed by atoms with van der Waals surface area (Å²) in [4.78, 5) is 30.0. The molecule has 160 valence electrons. The smallest absolute Gasteiger partial charge is 0.333 e. The minimum absolute atomic E-state index is 0.0358. The molecule has 0 saturated carbocycles. The van der Waals surface area contributed by atoms with Crippen molar-refractivity contribution < 1.29 is 13.6 Å². The number of hydrogen-bond acceptors (Lipinski definition) is 4. The Morgan fingerprint density at radius 1 is 1.13 bits per heavy atom. The van der Waals surface area contributed by atoms with Crippen LogP contribution in [0.5, 0.6) is 0 Å². The molecule has 30 heavy (non-hydrogen) atoms. The second kappa shape index (κ2) is 7.61. The molecule has 3 aliphatic rings. The molecule has 0 spiro atoms. The van der Waals surface area contributed by atoms with Crippen LogP contribution in [-0.2, 0) is 13.1 Å². The number of pyridine rings is 1. The fourth-order valence-corrected chi connectivity index (χ4v) is 5.18. The zero-order chi connectivity index (χ0) is 20.8. The van der Waals surface area contributed by atoms with E-state index in [4.69, 9.17) is 0 Å². The number of hydrogen-bond donors (Lipinski definition) is 0. The van der Waals surface area contributed by atoms with Crippen molar-refractivity contribution in [1.29, 1.82) is 0 Å². The molecule has 0 unspecified atom stereocenters. The number of carbonyl (C=O) groups excluding carboxylic acids is 1. The fraction of sp³-hybridized carbons (Fsp3) is 0.571. The van der Waals surface area contributed by atoms with Crippen molar-refractivity contribution in [1.82, 2.24) is 24.1 Å². The number of fused-ring (bicyclic) bond motifs is 4. The number of nitrogens with zero attached hydrogens (tertiary/aromatic N) is 5. The van der Waals surface area contributed by atoms with Gasteiger partial charge in [0.1, 0.15) is 0 Å². The van der Waals surface area contributed by atoms with Crippen LogP contribution < -0.4 is 5.56 Å². The second-order valence-corrected chi connectivity index (χ2v) is 8.65. The van der Waals surface area contributed by atoms with Gasteiger partial charge in [-0.25, -0.2) is 4.68 Å². The van der Waals surface area contributed by atoms with Gasteiger partial charge in [0.05, 0.1) is 0 Å². The van der Waals surface area contributed by atoms with Crippen LogP contribution in [0.3, 0.4) is 0 Å². The van der Waals surface area contributed by atoms with E-state index in [2.05, 4.69) is 10.00 Å². The van der Waals surface area contributed by atoms with Crippen LogP contribution in [0.4, 0.5) is 8.78 Å². The highest BCUT2D eigenvalue weighted by atomic mass is 19.3. The Morgan fingerprint density at radius 2 is 1.93 bits per heavy atom. The number of carbonyl (C=O) groups is 1. The van der Waals surface area contributed by atoms with Crippen LogP contribution in [-0.4, -0.2) is 56.2 Å². The molecule has 2 atom stereocenters. The molecule has 0 N–H and O–H groups in total. The average molecular weight is 417 g/mol. The normalized spacial score (nSPS) is 23.8. The molecule has 5 rings (SSSR count). The Morgan fingerprint density at radius 3 is 2.67 bits per heavy atom. The van der Waals surface area contributed by atoms with Gasteiger partial charge in [-0.1, -0.05) is 6.07 Å². The fourth-order valence-electron chi connectivity index (χ4n) is 5.18. The highest BCUT2D eigenvalue weighted by Gasteiger charge is 2.37. The number of amides is 1. The third-order valence-corrected chi connectivity index (χ3v) is 6.59. The molecule has 1 amide bonds. The molecular formula is C21H25F2N5O2. The lowest BCUT2D eigenvalue weighted by Crippen LogP contribution is -2.49. The minimum atomic E-state index is -2.76. The van der Waals surface area contributed by atoms with Gasteiger partial charge in [-0.05, 0) is 50.4 Å². The highest BCUT2D eigenvalue weighted by Crippen LogP contribution is 2.35. The van der Waals surface area contributed by atoms with Crippen molar-refractivity contribution in [2.45, 2.75) is 44.8 Å². The summed E-state index contributed by atoms with van der Waals surface area (Å²) in [5.41, 5.74) is 1.93. The van der Waals surface area contributed by atoms with Gasteiger partial charge in [0.15, 0.2) is 5.69 Å². The lowest BCUT2D eigenvalue weighted by atomic mass is 9.83. The van der Waals surface area contributed by atoms with Gasteiger partial charge in [-0.2, -0.15) is 13.9 Å². The molecule has 2 fully saturated rings. The summed E-state index contributed by atoms with van der Waals surface area (Å²) in [6, 6.07) is 5.31. The van der Waals surface area contributed by atoms with Gasteiger partial charge >= 0.3 is 6.55 Å². The number of piperidine rings is 1. The largest absolute Gasteiger partial charge is 0.336 e. The summed E-state index contributed by atoms with van der Waals surface area (Å²) in [6.07, 6.45) is 4.44. The van der Waals surface area contributed by atoms with E-state index in [0.717, 1.165) is 37.0 Å².